The molecular weight excluding hydrogens is 412 g/mol. The molecule has 0 saturated carbocycles. The first kappa shape index (κ1) is 26.2. The molecule has 10 nitrogen and oxygen atoms in total. The van der Waals surface area contributed by atoms with Gasteiger partial charge in [0, 0.05) is 45.4 Å². The molecule has 0 spiro atoms. The number of aryl methyl sites for hydroxylation is 1. The van der Waals surface area contributed by atoms with Crippen LogP contribution >= 0.6 is 0 Å². The van der Waals surface area contributed by atoms with E-state index < -0.39 is 0 Å². The molecule has 182 valence electrons. The van der Waals surface area contributed by atoms with Crippen LogP contribution in [0.2, 0.25) is 0 Å². The molecule has 0 saturated heterocycles. The third-order valence-electron chi connectivity index (χ3n) is 6.02. The summed E-state index contributed by atoms with van der Waals surface area (Å²) in [5.74, 6) is 0.0540. The number of hydrogen-bond donors (Lipinski definition) is 1. The van der Waals surface area contributed by atoms with Crippen LogP contribution < -0.4 is 0 Å². The molecule has 0 unspecified atom stereocenters. The number of amides is 2. The van der Waals surface area contributed by atoms with Gasteiger partial charge in [-0.3, -0.25) is 9.59 Å². The number of aliphatic hydroxyl groups is 1. The maximum Gasteiger partial charge on any atom is 0.222 e. The Hall–Kier alpha value is -2.04. The first-order chi connectivity index (χ1) is 15.2. The molecule has 1 aliphatic rings. The number of nitrogens with zero attached hydrogens (tertiary/aromatic N) is 6. The minimum Gasteiger partial charge on any atom is -0.394 e. The maximum absolute atomic E-state index is 12.9. The van der Waals surface area contributed by atoms with E-state index in [1.807, 2.05) is 27.9 Å². The standard InChI is InChI=1S/C22H40N6O4/c1-17-13-27(18(2)15-29)22(31)9-7-11-28-19(12-23-24-28)16-32-20(17)14-26(5)21(30)8-6-10-25(3)4/h12,17-18,20,29H,6-11,13-16H2,1-5H3/t17-,18-,20-/m1/s1. The van der Waals surface area contributed by atoms with E-state index in [1.54, 1.807) is 27.7 Å². The topological polar surface area (TPSA) is 104 Å². The van der Waals surface area contributed by atoms with Crippen LogP contribution in [0.5, 0.6) is 0 Å². The molecule has 1 aromatic rings. The molecule has 1 N–H and O–H groups in total. The second-order valence-corrected chi connectivity index (χ2v) is 9.14. The van der Waals surface area contributed by atoms with Crippen LogP contribution in [0.3, 0.4) is 0 Å². The molecule has 0 bridgehead atoms. The van der Waals surface area contributed by atoms with Crippen LogP contribution in [0.25, 0.3) is 0 Å². The van der Waals surface area contributed by atoms with Gasteiger partial charge in [0.2, 0.25) is 11.8 Å². The first-order valence-electron chi connectivity index (χ1n) is 11.5. The van der Waals surface area contributed by atoms with Gasteiger partial charge in [-0.25, -0.2) is 4.68 Å². The van der Waals surface area contributed by atoms with Crippen molar-refractivity contribution < 1.29 is 19.4 Å². The average Bonchev–Trinajstić information content (AvgIpc) is 3.19. The molecule has 3 atom stereocenters. The summed E-state index contributed by atoms with van der Waals surface area (Å²) >= 11 is 0. The van der Waals surface area contributed by atoms with Gasteiger partial charge in [0.15, 0.2) is 0 Å². The Morgan fingerprint density at radius 2 is 2.12 bits per heavy atom. The van der Waals surface area contributed by atoms with Crippen molar-refractivity contribution in [2.24, 2.45) is 5.92 Å². The number of rotatable bonds is 8. The largest absolute Gasteiger partial charge is 0.394 e. The van der Waals surface area contributed by atoms with Gasteiger partial charge in [0.05, 0.1) is 37.3 Å². The van der Waals surface area contributed by atoms with Crippen molar-refractivity contribution in [2.45, 2.75) is 64.8 Å². The van der Waals surface area contributed by atoms with Crippen molar-refractivity contribution in [1.29, 1.82) is 0 Å². The predicted molar refractivity (Wildman–Crippen MR) is 121 cm³/mol. The van der Waals surface area contributed by atoms with Crippen molar-refractivity contribution in [1.82, 2.24) is 29.7 Å². The van der Waals surface area contributed by atoms with Crippen molar-refractivity contribution in [2.75, 3.05) is 47.4 Å². The van der Waals surface area contributed by atoms with E-state index in [-0.39, 0.29) is 36.5 Å². The summed E-state index contributed by atoms with van der Waals surface area (Å²) in [5.41, 5.74) is 0.857. The zero-order valence-electron chi connectivity index (χ0n) is 20.2. The molecule has 0 fully saturated rings. The van der Waals surface area contributed by atoms with E-state index in [1.165, 1.54) is 0 Å². The highest BCUT2D eigenvalue weighted by Crippen LogP contribution is 2.18. The molecule has 32 heavy (non-hydrogen) atoms. The molecule has 2 rings (SSSR count). The van der Waals surface area contributed by atoms with E-state index in [9.17, 15) is 14.7 Å². The molecule has 1 aliphatic heterocycles. The summed E-state index contributed by atoms with van der Waals surface area (Å²) in [7, 11) is 5.79. The van der Waals surface area contributed by atoms with Gasteiger partial charge in [-0.2, -0.15) is 0 Å². The average molecular weight is 453 g/mol. The monoisotopic (exact) mass is 452 g/mol. The number of hydrogen-bond acceptors (Lipinski definition) is 7. The highest BCUT2D eigenvalue weighted by molar-refractivity contribution is 5.76. The van der Waals surface area contributed by atoms with Gasteiger partial charge in [0.25, 0.3) is 0 Å². The Bertz CT molecular complexity index is 725. The van der Waals surface area contributed by atoms with Crippen LogP contribution in [-0.2, 0) is 27.5 Å². The van der Waals surface area contributed by atoms with E-state index >= 15 is 0 Å². The fourth-order valence-electron chi connectivity index (χ4n) is 3.86. The number of aliphatic hydroxyl groups excluding tert-OH is 1. The first-order valence-corrected chi connectivity index (χ1v) is 11.5. The van der Waals surface area contributed by atoms with E-state index in [0.717, 1.165) is 18.7 Å². The van der Waals surface area contributed by atoms with Crippen LogP contribution in [-0.4, -0.2) is 106 Å². The number of ether oxygens (including phenoxy) is 1. The van der Waals surface area contributed by atoms with E-state index in [0.29, 0.717) is 45.5 Å². The van der Waals surface area contributed by atoms with E-state index in [4.69, 9.17) is 4.74 Å². The normalized spacial score (nSPS) is 21.6. The molecule has 0 aromatic carbocycles. The Morgan fingerprint density at radius 3 is 2.81 bits per heavy atom. The lowest BCUT2D eigenvalue weighted by atomic mass is 10.0. The second kappa shape index (κ2) is 12.9. The van der Waals surface area contributed by atoms with Crippen molar-refractivity contribution in [3.63, 3.8) is 0 Å². The van der Waals surface area contributed by atoms with Gasteiger partial charge >= 0.3 is 0 Å². The van der Waals surface area contributed by atoms with Gasteiger partial charge in [0.1, 0.15) is 0 Å². The minimum atomic E-state index is -0.277. The zero-order chi connectivity index (χ0) is 23.7. The molecule has 1 aromatic heterocycles. The Morgan fingerprint density at radius 1 is 1.38 bits per heavy atom. The summed E-state index contributed by atoms with van der Waals surface area (Å²) < 4.78 is 8.04. The molecular formula is C22H40N6O4. The SMILES string of the molecule is C[C@@H]1CN([C@H](C)CO)C(=O)CCCn2nncc2CO[C@@H]1CN(C)C(=O)CCCN(C)C. The summed E-state index contributed by atoms with van der Waals surface area (Å²) in [6.45, 7) is 6.46. The highest BCUT2D eigenvalue weighted by atomic mass is 16.5. The van der Waals surface area contributed by atoms with Gasteiger partial charge in [-0.15, -0.1) is 5.10 Å². The van der Waals surface area contributed by atoms with Gasteiger partial charge in [-0.1, -0.05) is 12.1 Å². The smallest absolute Gasteiger partial charge is 0.222 e. The fraction of sp³-hybridized carbons (Fsp3) is 0.818. The van der Waals surface area contributed by atoms with Crippen molar-refractivity contribution in [3.8, 4) is 0 Å². The van der Waals surface area contributed by atoms with Crippen molar-refractivity contribution in [3.05, 3.63) is 11.9 Å². The molecule has 2 amide bonds. The predicted octanol–water partition coefficient (Wildman–Crippen LogP) is 0.603. The Kier molecular flexibility index (Phi) is 10.5. The third kappa shape index (κ3) is 7.83. The van der Waals surface area contributed by atoms with Crippen molar-refractivity contribution >= 4 is 11.8 Å². The Labute approximate surface area is 191 Å². The minimum absolute atomic E-state index is 0.00695. The Balaban J connectivity index is 2.15. The molecule has 10 heteroatoms. The lowest BCUT2D eigenvalue weighted by Gasteiger charge is -2.35. The van der Waals surface area contributed by atoms with Crippen LogP contribution in [0, 0.1) is 5.92 Å². The quantitative estimate of drug-likeness (QED) is 0.616. The summed E-state index contributed by atoms with van der Waals surface area (Å²) in [4.78, 5) is 31.1. The summed E-state index contributed by atoms with van der Waals surface area (Å²) in [6, 6.07) is -0.277. The number of aromatic nitrogens is 3. The highest BCUT2D eigenvalue weighted by Gasteiger charge is 2.29. The molecule has 0 aliphatic carbocycles. The van der Waals surface area contributed by atoms with Crippen LogP contribution in [0.4, 0.5) is 0 Å². The number of carbonyl (C=O) groups excluding carboxylic acids is 2. The van der Waals surface area contributed by atoms with Crippen LogP contribution in [0.1, 0.15) is 45.2 Å². The molecule has 2 heterocycles. The maximum atomic E-state index is 12.9. The van der Waals surface area contributed by atoms with Gasteiger partial charge < -0.3 is 24.5 Å². The number of likely N-dealkylation sites (N-methyl/N-ethyl adjacent to an activating group) is 1. The lowest BCUT2D eigenvalue weighted by molar-refractivity contribution is -0.138. The summed E-state index contributed by atoms with van der Waals surface area (Å²) in [5, 5.41) is 17.8. The third-order valence-corrected chi connectivity index (χ3v) is 6.02. The molecule has 0 radical (unpaired) electrons. The zero-order valence-corrected chi connectivity index (χ0v) is 20.2. The second-order valence-electron chi connectivity index (χ2n) is 9.14. The fourth-order valence-corrected chi connectivity index (χ4v) is 3.86. The lowest BCUT2D eigenvalue weighted by Crippen LogP contribution is -2.48. The van der Waals surface area contributed by atoms with E-state index in [2.05, 4.69) is 15.2 Å². The number of fused-ring (bicyclic) bond motifs is 1. The van der Waals surface area contributed by atoms with Gasteiger partial charge in [-0.05, 0) is 40.4 Å². The summed E-state index contributed by atoms with van der Waals surface area (Å²) in [6.07, 6.45) is 3.72. The number of carbonyl (C=O) groups is 2. The van der Waals surface area contributed by atoms with Crippen LogP contribution in [0.15, 0.2) is 6.20 Å².